The number of aryl methyl sites for hydroxylation is 1. The van der Waals surface area contributed by atoms with Gasteiger partial charge in [0.05, 0.1) is 79.8 Å². The summed E-state index contributed by atoms with van der Waals surface area (Å²) in [5.74, 6) is 5.76. The van der Waals surface area contributed by atoms with Crippen molar-refractivity contribution in [1.29, 1.82) is 0 Å². The van der Waals surface area contributed by atoms with Crippen molar-refractivity contribution in [3.63, 3.8) is 0 Å². The van der Waals surface area contributed by atoms with E-state index in [0.29, 0.717) is 68.1 Å². The molecule has 0 saturated carbocycles. The molecule has 567 valence electrons. The van der Waals surface area contributed by atoms with Crippen molar-refractivity contribution >= 4 is 73.5 Å². The van der Waals surface area contributed by atoms with Gasteiger partial charge in [-0.3, -0.25) is 9.59 Å². The number of aromatic hydroxyl groups is 1. The molecule has 1 aliphatic rings. The summed E-state index contributed by atoms with van der Waals surface area (Å²) < 4.78 is 33.2. The van der Waals surface area contributed by atoms with E-state index in [4.69, 9.17) is 93.1 Å². The number of unbranched alkanes of at least 4 members (excludes halogenated alkanes) is 1. The number of aliphatic hydroxyl groups is 2. The summed E-state index contributed by atoms with van der Waals surface area (Å²) >= 11 is 14.2. The number of ether oxygens (including phenoxy) is 4. The number of hydrogen-bond acceptors (Lipinski definition) is 27. The summed E-state index contributed by atoms with van der Waals surface area (Å²) in [5.41, 5.74) is 10.1. The summed E-state index contributed by atoms with van der Waals surface area (Å²) in [7, 11) is -0.250. The summed E-state index contributed by atoms with van der Waals surface area (Å²) in [6.45, 7) is 17.8. The van der Waals surface area contributed by atoms with E-state index in [1.165, 1.54) is 30.4 Å². The summed E-state index contributed by atoms with van der Waals surface area (Å²) in [6, 6.07) is 49.9. The van der Waals surface area contributed by atoms with E-state index in [1.54, 1.807) is 49.2 Å². The standard InChI is InChI=1S/C15H18N2O2.C13H12N2O.C12H10N2O2.C11H9ClN2O.C8H15BO2.C7H7Br.C4H3ClN2O.C2H7NO.CH2O3.CH4.B.2K.Na.H2O3.2H/c18-9-5-4-8-15-16-10-14(11-17-15)19-12-13-6-2-1-3-7-13;1-2-13-14-8-12(9-15-13)16-10-11-6-4-3-5-7-11;15-8-12-13-6-11(7-14-12)16-9-10-4-2-1-3-5-10;12-11-13-6-10(7-14-11)15-8-9-4-2-1-3-5-9;1-6-9-10-7(2,3)8(4,5)11-9;8-6-7-4-2-1-3-5-7;5-4-6-1-3(8)2-7-4;3-1-2-4;2-1-4-3;;;;;;1-3-2;;/h1-3,6-7,10-11,18H,4-5,8-9,12H2;2-9H,1,10H2;1-8H,9H2;1-7H,8H2;6H,1H2,2-5H3;1-5H,6H2;1-2,8H;4H,1-3H2;1,3H;1H4;;;;;1-2H;;/q;;;;;;;;;;;3*+1;;2*-1/p-1. The molecule has 109 heavy (non-hydrogen) atoms. The molecule has 0 atom stereocenters. The first kappa shape index (κ1) is 110. The van der Waals surface area contributed by atoms with E-state index in [0.717, 1.165) is 52.7 Å². The van der Waals surface area contributed by atoms with E-state index in [-0.39, 0.29) is 211 Å². The maximum atomic E-state index is 10.3. The van der Waals surface area contributed by atoms with Gasteiger partial charge in [-0.1, -0.05) is 193 Å². The molecule has 5 aromatic carbocycles. The SMILES string of the molecule is BrCc1ccccc1.C.C=CB1OC(C)(C)C(C)(C)O1.C=Cc1ncc(OCc2ccccc2)cn1.Clc1ncc(OCc2ccccc2)cn1.NCCO.O=CO[O-].O=Cc1ncc(OCc2ccccc2)cn1.OCCCCc1ncc(OCc2ccccc2)cn1.OOO.Oc1cnc(Cl)nc1.[B].[H-].[H-].[K+].[K+].[Na+]. The number of aliphatic hydroxyl groups excluding tert-OH is 2. The largest absolute Gasteiger partial charge is 1.00 e. The number of halogens is 3. The average molecular weight is 1660 g/mol. The van der Waals surface area contributed by atoms with Crippen molar-refractivity contribution in [2.75, 3.05) is 19.8 Å². The molecule has 3 radical (unpaired) electrons. The van der Waals surface area contributed by atoms with Gasteiger partial charge in [0.2, 0.25) is 10.6 Å². The second-order valence-corrected chi connectivity index (χ2v) is 22.4. The molecule has 5 aromatic heterocycles. The molecule has 11 rings (SSSR count). The molecule has 0 spiro atoms. The third-order valence-electron chi connectivity index (χ3n) is 12.9. The number of carbonyl (C=O) groups is 2. The van der Waals surface area contributed by atoms with Crippen LogP contribution in [0.25, 0.3) is 6.08 Å². The number of carbonyl (C=O) groups excluding carboxylic acids is 2. The normalized spacial score (nSPS) is 10.7. The number of hydrogen-bond donors (Lipinski definition) is 6. The summed E-state index contributed by atoms with van der Waals surface area (Å²) in [5, 5.41) is 50.3. The molecule has 6 heterocycles. The van der Waals surface area contributed by atoms with Crippen LogP contribution in [-0.4, -0.2) is 135 Å². The van der Waals surface area contributed by atoms with Gasteiger partial charge >= 0.3 is 139 Å². The van der Waals surface area contributed by atoms with E-state index in [1.807, 2.05) is 167 Å². The van der Waals surface area contributed by atoms with Gasteiger partial charge in [0.1, 0.15) is 32.3 Å². The average Bonchev–Trinajstić information content (AvgIpc) is 1.64. The van der Waals surface area contributed by atoms with Gasteiger partial charge < -0.3 is 62.3 Å². The van der Waals surface area contributed by atoms with E-state index in [2.05, 4.69) is 101 Å². The van der Waals surface area contributed by atoms with Gasteiger partial charge in [-0.05, 0) is 97.6 Å². The van der Waals surface area contributed by atoms with Crippen LogP contribution in [0.4, 0.5) is 0 Å². The molecule has 35 heteroatoms. The number of rotatable bonds is 22. The van der Waals surface area contributed by atoms with Crippen LogP contribution in [0.15, 0.2) is 233 Å². The Hall–Kier alpha value is -5.78. The minimum absolute atomic E-state index is 0. The molecule has 0 amide bonds. The summed E-state index contributed by atoms with van der Waals surface area (Å²) in [4.78, 5) is 60.4. The minimum Gasteiger partial charge on any atom is -1.00 e. The maximum absolute atomic E-state index is 10.3. The van der Waals surface area contributed by atoms with Crippen LogP contribution in [0.5, 0.6) is 28.7 Å². The predicted octanol–water partition coefficient (Wildman–Crippen LogP) is 3.68. The van der Waals surface area contributed by atoms with Crippen LogP contribution in [0.3, 0.4) is 0 Å². The van der Waals surface area contributed by atoms with Crippen LogP contribution >= 0.6 is 39.1 Å². The Morgan fingerprint density at radius 3 is 1.06 bits per heavy atom. The Labute approximate surface area is 768 Å². The number of aldehydes is 1. The van der Waals surface area contributed by atoms with Gasteiger partial charge in [0.15, 0.2) is 46.7 Å². The first-order chi connectivity index (χ1) is 50.3. The molecule has 1 saturated heterocycles. The minimum atomic E-state index is -0.250. The fourth-order valence-corrected chi connectivity index (χ4v) is 7.67. The predicted molar refractivity (Wildman–Crippen MR) is 410 cm³/mol. The van der Waals surface area contributed by atoms with Crippen LogP contribution in [0.2, 0.25) is 10.6 Å². The van der Waals surface area contributed by atoms with Crippen molar-refractivity contribution in [2.45, 2.75) is 97.3 Å². The maximum Gasteiger partial charge on any atom is 1.00 e. The third-order valence-corrected chi connectivity index (χ3v) is 13.9. The molecular weight excluding hydrogens is 1570 g/mol. The van der Waals surface area contributed by atoms with Crippen LogP contribution < -0.4 is 162 Å². The molecule has 7 N–H and O–H groups in total. The second-order valence-electron chi connectivity index (χ2n) is 21.2. The van der Waals surface area contributed by atoms with Gasteiger partial charge in [-0.25, -0.2) is 60.4 Å². The molecule has 1 aliphatic heterocycles. The van der Waals surface area contributed by atoms with Crippen molar-refractivity contribution in [2.24, 2.45) is 5.73 Å². The monoisotopic (exact) mass is 1660 g/mol. The second kappa shape index (κ2) is 70.1. The van der Waals surface area contributed by atoms with Crippen molar-refractivity contribution < 1.29 is 214 Å². The number of nitrogens with zero attached hydrogens (tertiary/aromatic N) is 10. The van der Waals surface area contributed by atoms with Gasteiger partial charge in [0, 0.05) is 33.3 Å². The van der Waals surface area contributed by atoms with Crippen LogP contribution in [0.1, 0.15) is 101 Å². The van der Waals surface area contributed by atoms with Gasteiger partial charge in [-0.2, -0.15) is 0 Å². The number of aromatic nitrogens is 10. The van der Waals surface area contributed by atoms with Crippen molar-refractivity contribution in [3.05, 3.63) is 289 Å². The molecule has 0 bridgehead atoms. The Kier molecular flexibility index (Phi) is 70.5. The molecule has 0 aliphatic carbocycles. The smallest absolute Gasteiger partial charge is 1.00 e. The van der Waals surface area contributed by atoms with Gasteiger partial charge in [0.25, 0.3) is 6.47 Å². The molecular formula is C74H90B2BrCl2K2N11NaO16. The van der Waals surface area contributed by atoms with Crippen molar-refractivity contribution in [3.8, 4) is 28.7 Å². The topological polar surface area (TPSA) is 387 Å². The van der Waals surface area contributed by atoms with Crippen LogP contribution in [0, 0.1) is 0 Å². The first-order valence-electron chi connectivity index (χ1n) is 31.4. The Balaban J connectivity index is -0.000000284. The van der Waals surface area contributed by atoms with Crippen LogP contribution in [-0.2, 0) is 62.2 Å². The molecule has 10 aromatic rings. The quantitative estimate of drug-likeness (QED) is 0.0107. The molecule has 0 unspecified atom stereocenters. The fourth-order valence-electron chi connectivity index (χ4n) is 7.11. The zero-order chi connectivity index (χ0) is 76.3. The number of benzene rings is 5. The Morgan fingerprint density at radius 2 is 0.817 bits per heavy atom. The van der Waals surface area contributed by atoms with E-state index < -0.39 is 0 Å². The number of nitrogens with two attached hydrogens (primary N) is 1. The Bertz CT molecular complexity index is 3680. The zero-order valence-corrected chi connectivity index (χ0v) is 72.6. The summed E-state index contributed by atoms with van der Waals surface area (Å²) in [6.07, 6.45) is 19.9. The third kappa shape index (κ3) is 53.7. The van der Waals surface area contributed by atoms with E-state index >= 15 is 0 Å². The molecule has 27 nitrogen and oxygen atoms in total. The van der Waals surface area contributed by atoms with Crippen molar-refractivity contribution in [1.82, 2.24) is 49.8 Å². The van der Waals surface area contributed by atoms with E-state index in [9.17, 15) is 4.79 Å². The molecule has 1 fully saturated rings. The zero-order valence-electron chi connectivity index (χ0n) is 63.3. The Morgan fingerprint density at radius 1 is 0.532 bits per heavy atom. The van der Waals surface area contributed by atoms with Gasteiger partial charge in [-0.15, -0.1) is 6.58 Å². The first-order valence-corrected chi connectivity index (χ1v) is 33.2. The number of alkyl halides is 1. The fraction of sp³-hybridized carbons (Fsp3) is 0.243.